The summed E-state index contributed by atoms with van der Waals surface area (Å²) in [4.78, 5) is 13.1. The molecular weight excluding hydrogens is 312 g/mol. The van der Waals surface area contributed by atoms with Crippen molar-refractivity contribution >= 4 is 5.78 Å². The Balaban J connectivity index is 1.94. The predicted molar refractivity (Wildman–Crippen MR) is 96.2 cm³/mol. The van der Waals surface area contributed by atoms with Gasteiger partial charge in [-0.15, -0.1) is 0 Å². The molecular formula is C22H18O3. The van der Waals surface area contributed by atoms with Crippen LogP contribution in [0.1, 0.15) is 27.9 Å². The van der Waals surface area contributed by atoms with E-state index in [2.05, 4.69) is 0 Å². The SMILES string of the molecule is COc1cccc2c1C(=O)CC(c1ccccc1)(c1ccccc1)O2. The summed E-state index contributed by atoms with van der Waals surface area (Å²) in [7, 11) is 1.57. The van der Waals surface area contributed by atoms with Gasteiger partial charge >= 0.3 is 0 Å². The molecule has 3 heteroatoms. The molecule has 0 N–H and O–H groups in total. The molecule has 0 fully saturated rings. The Kier molecular flexibility index (Phi) is 3.77. The maximum absolute atomic E-state index is 13.1. The van der Waals surface area contributed by atoms with Gasteiger partial charge in [-0.1, -0.05) is 66.7 Å². The van der Waals surface area contributed by atoms with E-state index in [0.717, 1.165) is 11.1 Å². The van der Waals surface area contributed by atoms with Gasteiger partial charge in [-0.3, -0.25) is 4.79 Å². The monoisotopic (exact) mass is 330 g/mol. The molecule has 0 unspecified atom stereocenters. The van der Waals surface area contributed by atoms with E-state index in [1.54, 1.807) is 13.2 Å². The van der Waals surface area contributed by atoms with E-state index in [9.17, 15) is 4.79 Å². The summed E-state index contributed by atoms with van der Waals surface area (Å²) in [5, 5.41) is 0. The van der Waals surface area contributed by atoms with Crippen LogP contribution in [0.2, 0.25) is 0 Å². The number of hydrogen-bond donors (Lipinski definition) is 0. The molecule has 3 nitrogen and oxygen atoms in total. The first-order chi connectivity index (χ1) is 12.2. The zero-order valence-corrected chi connectivity index (χ0v) is 13.9. The highest BCUT2D eigenvalue weighted by Gasteiger charge is 2.44. The molecule has 0 saturated heterocycles. The third-order valence-electron chi connectivity index (χ3n) is 4.66. The molecule has 3 aromatic rings. The van der Waals surface area contributed by atoms with Crippen molar-refractivity contribution in [2.24, 2.45) is 0 Å². The number of benzene rings is 3. The zero-order chi connectivity index (χ0) is 17.3. The van der Waals surface area contributed by atoms with Crippen LogP contribution in [0.15, 0.2) is 78.9 Å². The van der Waals surface area contributed by atoms with Crippen molar-refractivity contribution in [2.45, 2.75) is 12.0 Å². The summed E-state index contributed by atoms with van der Waals surface area (Å²) in [6, 6.07) is 25.3. The average molecular weight is 330 g/mol. The standard InChI is InChI=1S/C22H18O3/c1-24-19-13-8-14-20-21(19)18(23)15-22(25-20,16-9-4-2-5-10-16)17-11-6-3-7-12-17/h2-14H,15H2,1H3. The van der Waals surface area contributed by atoms with Crippen molar-refractivity contribution < 1.29 is 14.3 Å². The predicted octanol–water partition coefficient (Wildman–Crippen LogP) is 4.60. The number of ketones is 1. The minimum absolute atomic E-state index is 0.0198. The van der Waals surface area contributed by atoms with Gasteiger partial charge in [-0.25, -0.2) is 0 Å². The van der Waals surface area contributed by atoms with Crippen LogP contribution in [0, 0.1) is 0 Å². The van der Waals surface area contributed by atoms with Crippen LogP contribution in [0.3, 0.4) is 0 Å². The van der Waals surface area contributed by atoms with E-state index < -0.39 is 5.60 Å². The van der Waals surface area contributed by atoms with Gasteiger partial charge < -0.3 is 9.47 Å². The smallest absolute Gasteiger partial charge is 0.175 e. The van der Waals surface area contributed by atoms with Gasteiger partial charge in [-0.05, 0) is 12.1 Å². The van der Waals surface area contributed by atoms with Crippen LogP contribution < -0.4 is 9.47 Å². The molecule has 0 radical (unpaired) electrons. The van der Waals surface area contributed by atoms with Crippen molar-refractivity contribution in [1.29, 1.82) is 0 Å². The third-order valence-corrected chi connectivity index (χ3v) is 4.66. The number of rotatable bonds is 3. The van der Waals surface area contributed by atoms with Crippen molar-refractivity contribution in [3.8, 4) is 11.5 Å². The van der Waals surface area contributed by atoms with E-state index >= 15 is 0 Å². The van der Waals surface area contributed by atoms with Gasteiger partial charge in [0.2, 0.25) is 0 Å². The molecule has 1 heterocycles. The molecule has 1 aliphatic rings. The summed E-state index contributed by atoms with van der Waals surface area (Å²) in [6.45, 7) is 0. The van der Waals surface area contributed by atoms with Crippen molar-refractivity contribution in [3.63, 3.8) is 0 Å². The molecule has 0 aliphatic carbocycles. The Hall–Kier alpha value is -3.07. The second kappa shape index (κ2) is 6.10. The maximum atomic E-state index is 13.1. The Morgan fingerprint density at radius 2 is 1.44 bits per heavy atom. The lowest BCUT2D eigenvalue weighted by Crippen LogP contribution is -2.40. The first-order valence-corrected chi connectivity index (χ1v) is 8.25. The maximum Gasteiger partial charge on any atom is 0.175 e. The largest absolute Gasteiger partial charge is 0.496 e. The van der Waals surface area contributed by atoms with Gasteiger partial charge in [0.25, 0.3) is 0 Å². The summed E-state index contributed by atoms with van der Waals surface area (Å²) in [5.74, 6) is 1.13. The van der Waals surface area contributed by atoms with E-state index in [1.165, 1.54) is 0 Å². The van der Waals surface area contributed by atoms with E-state index in [4.69, 9.17) is 9.47 Å². The Morgan fingerprint density at radius 1 is 0.840 bits per heavy atom. The summed E-state index contributed by atoms with van der Waals surface area (Å²) in [5.41, 5.74) is 1.61. The highest BCUT2D eigenvalue weighted by molar-refractivity contribution is 6.03. The molecule has 3 aromatic carbocycles. The topological polar surface area (TPSA) is 35.5 Å². The van der Waals surface area contributed by atoms with Crippen LogP contribution >= 0.6 is 0 Å². The molecule has 0 aromatic heterocycles. The van der Waals surface area contributed by atoms with E-state index in [1.807, 2.05) is 72.8 Å². The normalized spacial score (nSPS) is 15.2. The minimum Gasteiger partial charge on any atom is -0.496 e. The molecule has 0 atom stereocenters. The lowest BCUT2D eigenvalue weighted by atomic mass is 9.79. The van der Waals surface area contributed by atoms with Crippen LogP contribution in [0.5, 0.6) is 11.5 Å². The fraction of sp³-hybridized carbons (Fsp3) is 0.136. The van der Waals surface area contributed by atoms with Gasteiger partial charge in [0.1, 0.15) is 17.1 Å². The molecule has 0 amide bonds. The van der Waals surface area contributed by atoms with Crippen LogP contribution in [-0.4, -0.2) is 12.9 Å². The third kappa shape index (κ3) is 2.49. The molecule has 0 spiro atoms. The molecule has 0 saturated carbocycles. The van der Waals surface area contributed by atoms with Crippen molar-refractivity contribution in [1.82, 2.24) is 0 Å². The Morgan fingerprint density at radius 3 is 2.00 bits per heavy atom. The quantitative estimate of drug-likeness (QED) is 0.704. The molecule has 124 valence electrons. The highest BCUT2D eigenvalue weighted by atomic mass is 16.5. The molecule has 4 rings (SSSR count). The number of carbonyl (C=O) groups excluding carboxylic acids is 1. The zero-order valence-electron chi connectivity index (χ0n) is 13.9. The Bertz CT molecular complexity index is 862. The molecule has 25 heavy (non-hydrogen) atoms. The lowest BCUT2D eigenvalue weighted by molar-refractivity contribution is 0.0611. The fourth-order valence-electron chi connectivity index (χ4n) is 3.48. The van der Waals surface area contributed by atoms with Gasteiger partial charge in [-0.2, -0.15) is 0 Å². The summed E-state index contributed by atoms with van der Waals surface area (Å²) < 4.78 is 11.9. The molecule has 1 aliphatic heterocycles. The second-order valence-corrected chi connectivity index (χ2v) is 6.09. The molecule has 0 bridgehead atoms. The number of methoxy groups -OCH3 is 1. The minimum atomic E-state index is -0.834. The lowest BCUT2D eigenvalue weighted by Gasteiger charge is -2.39. The number of fused-ring (bicyclic) bond motifs is 1. The van der Waals surface area contributed by atoms with Gasteiger partial charge in [0.15, 0.2) is 11.4 Å². The van der Waals surface area contributed by atoms with Crippen molar-refractivity contribution in [2.75, 3.05) is 7.11 Å². The second-order valence-electron chi connectivity index (χ2n) is 6.09. The Labute approximate surface area is 146 Å². The van der Waals surface area contributed by atoms with Crippen LogP contribution in [0.4, 0.5) is 0 Å². The number of Topliss-reactive ketones (excluding diaryl/α,β-unsaturated/α-hetero) is 1. The first-order valence-electron chi connectivity index (χ1n) is 8.25. The summed E-state index contributed by atoms with van der Waals surface area (Å²) in [6.07, 6.45) is 0.231. The number of carbonyl (C=O) groups is 1. The highest BCUT2D eigenvalue weighted by Crippen LogP contribution is 2.46. The fourth-order valence-corrected chi connectivity index (χ4v) is 3.48. The average Bonchev–Trinajstić information content (AvgIpc) is 2.68. The number of ether oxygens (including phenoxy) is 2. The number of hydrogen-bond acceptors (Lipinski definition) is 3. The van der Waals surface area contributed by atoms with E-state index in [-0.39, 0.29) is 12.2 Å². The van der Waals surface area contributed by atoms with E-state index in [0.29, 0.717) is 17.1 Å². The van der Waals surface area contributed by atoms with Gasteiger partial charge in [0, 0.05) is 11.1 Å². The van der Waals surface area contributed by atoms with Crippen LogP contribution in [0.25, 0.3) is 0 Å². The van der Waals surface area contributed by atoms with Gasteiger partial charge in [0.05, 0.1) is 13.5 Å². The van der Waals surface area contributed by atoms with Crippen molar-refractivity contribution in [3.05, 3.63) is 95.6 Å². The first kappa shape index (κ1) is 15.5. The summed E-state index contributed by atoms with van der Waals surface area (Å²) >= 11 is 0. The van der Waals surface area contributed by atoms with Crippen LogP contribution in [-0.2, 0) is 5.60 Å².